The van der Waals surface area contributed by atoms with Gasteiger partial charge < -0.3 is 11.1 Å². The van der Waals surface area contributed by atoms with Gasteiger partial charge in [-0.1, -0.05) is 0 Å². The van der Waals surface area contributed by atoms with Crippen LogP contribution in [0.3, 0.4) is 0 Å². The van der Waals surface area contributed by atoms with Gasteiger partial charge in [0.1, 0.15) is 5.82 Å². The molecule has 96 valence electrons. The van der Waals surface area contributed by atoms with Crippen molar-refractivity contribution in [2.75, 3.05) is 6.54 Å². The lowest BCUT2D eigenvalue weighted by Gasteiger charge is -2.19. The number of hydrogen-bond donors (Lipinski definition) is 2. The third kappa shape index (κ3) is 5.48. The number of benzene rings is 1. The van der Waals surface area contributed by atoms with Crippen molar-refractivity contribution in [2.45, 2.75) is 19.4 Å². The van der Waals surface area contributed by atoms with Crippen molar-refractivity contribution in [3.8, 4) is 0 Å². The first kappa shape index (κ1) is 16.4. The minimum absolute atomic E-state index is 0. The fourth-order valence-electron chi connectivity index (χ4n) is 1.08. The summed E-state index contributed by atoms with van der Waals surface area (Å²) in [5, 5.41) is 2.68. The lowest BCUT2D eigenvalue weighted by atomic mass is 10.1. The van der Waals surface area contributed by atoms with Crippen LogP contribution >= 0.6 is 28.3 Å². The Morgan fingerprint density at radius 2 is 2.12 bits per heavy atom. The maximum absolute atomic E-state index is 12.8. The van der Waals surface area contributed by atoms with Crippen LogP contribution in [0.25, 0.3) is 0 Å². The van der Waals surface area contributed by atoms with Crippen molar-refractivity contribution >= 4 is 34.2 Å². The van der Waals surface area contributed by atoms with Gasteiger partial charge in [0.05, 0.1) is 5.56 Å². The summed E-state index contributed by atoms with van der Waals surface area (Å²) >= 11 is 3.14. The third-order valence-electron chi connectivity index (χ3n) is 1.88. The Morgan fingerprint density at radius 3 is 2.59 bits per heavy atom. The van der Waals surface area contributed by atoms with E-state index >= 15 is 0 Å². The van der Waals surface area contributed by atoms with Gasteiger partial charge in [0.2, 0.25) is 0 Å². The average molecular weight is 326 g/mol. The monoisotopic (exact) mass is 324 g/mol. The molecule has 0 aliphatic heterocycles. The first-order chi connectivity index (χ1) is 7.29. The van der Waals surface area contributed by atoms with Crippen molar-refractivity contribution in [1.82, 2.24) is 5.32 Å². The quantitative estimate of drug-likeness (QED) is 0.897. The SMILES string of the molecule is CC(C)(N)CNC(=O)c1ccc(F)cc1Br.Cl. The minimum atomic E-state index is -0.470. The van der Waals surface area contributed by atoms with Crippen LogP contribution in [-0.4, -0.2) is 18.0 Å². The maximum Gasteiger partial charge on any atom is 0.252 e. The highest BCUT2D eigenvalue weighted by atomic mass is 79.9. The number of halogens is 3. The van der Waals surface area contributed by atoms with E-state index in [2.05, 4.69) is 21.2 Å². The molecule has 0 radical (unpaired) electrons. The Morgan fingerprint density at radius 1 is 1.53 bits per heavy atom. The molecule has 0 fully saturated rings. The van der Waals surface area contributed by atoms with E-state index in [1.54, 1.807) is 0 Å². The number of carbonyl (C=O) groups excluding carboxylic acids is 1. The largest absolute Gasteiger partial charge is 0.350 e. The number of rotatable bonds is 3. The Balaban J connectivity index is 0.00000256. The number of nitrogens with two attached hydrogens (primary N) is 1. The third-order valence-corrected chi connectivity index (χ3v) is 2.54. The molecule has 17 heavy (non-hydrogen) atoms. The lowest BCUT2D eigenvalue weighted by Crippen LogP contribution is -2.45. The van der Waals surface area contributed by atoms with Gasteiger partial charge in [0.25, 0.3) is 5.91 Å². The molecule has 1 amide bonds. The van der Waals surface area contributed by atoms with E-state index in [1.165, 1.54) is 18.2 Å². The van der Waals surface area contributed by atoms with E-state index in [4.69, 9.17) is 5.73 Å². The molecule has 3 nitrogen and oxygen atoms in total. The Hall–Kier alpha value is -0.650. The highest BCUT2D eigenvalue weighted by molar-refractivity contribution is 9.10. The summed E-state index contributed by atoms with van der Waals surface area (Å²) < 4.78 is 13.2. The second-order valence-corrected chi connectivity index (χ2v) is 5.15. The highest BCUT2D eigenvalue weighted by Gasteiger charge is 2.15. The highest BCUT2D eigenvalue weighted by Crippen LogP contribution is 2.17. The lowest BCUT2D eigenvalue weighted by molar-refractivity contribution is 0.0945. The summed E-state index contributed by atoms with van der Waals surface area (Å²) in [6.07, 6.45) is 0. The first-order valence-corrected chi connectivity index (χ1v) is 5.61. The fraction of sp³-hybridized carbons (Fsp3) is 0.364. The fourth-order valence-corrected chi connectivity index (χ4v) is 1.61. The molecule has 0 aliphatic rings. The molecule has 0 unspecified atom stereocenters. The zero-order valence-corrected chi connectivity index (χ0v) is 12.0. The first-order valence-electron chi connectivity index (χ1n) is 4.82. The smallest absolute Gasteiger partial charge is 0.252 e. The molecule has 0 spiro atoms. The van der Waals surface area contributed by atoms with Crippen molar-refractivity contribution in [3.63, 3.8) is 0 Å². The van der Waals surface area contributed by atoms with Crippen molar-refractivity contribution in [2.24, 2.45) is 5.73 Å². The number of hydrogen-bond acceptors (Lipinski definition) is 2. The van der Waals surface area contributed by atoms with E-state index in [0.717, 1.165) is 0 Å². The van der Waals surface area contributed by atoms with E-state index in [0.29, 0.717) is 16.6 Å². The van der Waals surface area contributed by atoms with Crippen LogP contribution in [-0.2, 0) is 0 Å². The molecule has 0 atom stereocenters. The molecule has 0 heterocycles. The van der Waals surface area contributed by atoms with Crippen molar-refractivity contribution in [3.05, 3.63) is 34.1 Å². The van der Waals surface area contributed by atoms with Crippen LogP contribution in [0.4, 0.5) is 4.39 Å². The molecular weight excluding hydrogens is 310 g/mol. The van der Waals surface area contributed by atoms with Crippen molar-refractivity contribution in [1.29, 1.82) is 0 Å². The van der Waals surface area contributed by atoms with Gasteiger partial charge in [-0.2, -0.15) is 0 Å². The van der Waals surface area contributed by atoms with E-state index in [-0.39, 0.29) is 24.1 Å². The van der Waals surface area contributed by atoms with Crippen LogP contribution in [0.2, 0.25) is 0 Å². The number of amides is 1. The van der Waals surface area contributed by atoms with Crippen molar-refractivity contribution < 1.29 is 9.18 Å². The number of nitrogens with one attached hydrogen (secondary N) is 1. The molecule has 0 bridgehead atoms. The molecule has 0 saturated heterocycles. The van der Waals surface area contributed by atoms with E-state index in [1.807, 2.05) is 13.8 Å². The van der Waals surface area contributed by atoms with Gasteiger partial charge in [0, 0.05) is 16.6 Å². The second kappa shape index (κ2) is 6.33. The Bertz CT molecular complexity index is 407. The van der Waals surface area contributed by atoms with Gasteiger partial charge in [-0.25, -0.2) is 4.39 Å². The van der Waals surface area contributed by atoms with E-state index < -0.39 is 5.54 Å². The summed E-state index contributed by atoms with van der Waals surface area (Å²) in [7, 11) is 0. The minimum Gasteiger partial charge on any atom is -0.350 e. The zero-order valence-electron chi connectivity index (χ0n) is 9.59. The molecule has 0 saturated carbocycles. The van der Waals surface area contributed by atoms with Gasteiger partial charge in [-0.3, -0.25) is 4.79 Å². The predicted octanol–water partition coefficient (Wildman–Crippen LogP) is 2.48. The van der Waals surface area contributed by atoms with Gasteiger partial charge in [-0.05, 0) is 48.0 Å². The standard InChI is InChI=1S/C11H14BrFN2O.ClH/c1-11(2,14)6-15-10(16)8-4-3-7(13)5-9(8)12;/h3-5H,6,14H2,1-2H3,(H,15,16);1H. The molecule has 0 aromatic heterocycles. The second-order valence-electron chi connectivity index (χ2n) is 4.30. The van der Waals surface area contributed by atoms with Gasteiger partial charge in [-0.15, -0.1) is 12.4 Å². The molecule has 6 heteroatoms. The molecule has 0 aliphatic carbocycles. The summed E-state index contributed by atoms with van der Waals surface area (Å²) in [6, 6.07) is 3.92. The van der Waals surface area contributed by atoms with Crippen LogP contribution in [0.1, 0.15) is 24.2 Å². The van der Waals surface area contributed by atoms with Crippen LogP contribution in [0, 0.1) is 5.82 Å². The maximum atomic E-state index is 12.8. The summed E-state index contributed by atoms with van der Waals surface area (Å²) in [5.41, 5.74) is 5.66. The van der Waals surface area contributed by atoms with Gasteiger partial charge >= 0.3 is 0 Å². The summed E-state index contributed by atoms with van der Waals surface area (Å²) in [5.74, 6) is -0.659. The zero-order chi connectivity index (χ0) is 12.3. The van der Waals surface area contributed by atoms with Crippen LogP contribution < -0.4 is 11.1 Å². The van der Waals surface area contributed by atoms with E-state index in [9.17, 15) is 9.18 Å². The topological polar surface area (TPSA) is 55.1 Å². The summed E-state index contributed by atoms with van der Waals surface area (Å²) in [4.78, 5) is 11.7. The molecular formula is C11H15BrClFN2O. The Labute approximate surface area is 114 Å². The predicted molar refractivity (Wildman–Crippen MR) is 71.9 cm³/mol. The summed E-state index contributed by atoms with van der Waals surface area (Å²) in [6.45, 7) is 3.98. The van der Waals surface area contributed by atoms with Crippen LogP contribution in [0.5, 0.6) is 0 Å². The molecule has 1 rings (SSSR count). The average Bonchev–Trinajstić information content (AvgIpc) is 2.13. The molecule has 1 aromatic rings. The normalized spacial score (nSPS) is 10.6. The molecule has 3 N–H and O–H groups in total. The van der Waals surface area contributed by atoms with Crippen LogP contribution in [0.15, 0.2) is 22.7 Å². The molecule has 1 aromatic carbocycles. The Kier molecular flexibility index (Phi) is 6.09. The van der Waals surface area contributed by atoms with Gasteiger partial charge in [0.15, 0.2) is 0 Å². The number of carbonyl (C=O) groups is 1.